The van der Waals surface area contributed by atoms with Gasteiger partial charge in [0.25, 0.3) is 0 Å². The highest BCUT2D eigenvalue weighted by Gasteiger charge is 2.30. The molecule has 0 fully saturated rings. The van der Waals surface area contributed by atoms with Gasteiger partial charge in [0.1, 0.15) is 0 Å². The van der Waals surface area contributed by atoms with Crippen LogP contribution in [0.25, 0.3) is 10.2 Å². The molecule has 0 spiro atoms. The molecule has 1 amide bonds. The van der Waals surface area contributed by atoms with Gasteiger partial charge in [-0.15, -0.1) is 0 Å². The van der Waals surface area contributed by atoms with Crippen LogP contribution >= 0.6 is 23.1 Å². The van der Waals surface area contributed by atoms with Crippen molar-refractivity contribution in [3.8, 4) is 0 Å². The number of thiazole rings is 1. The van der Waals surface area contributed by atoms with Crippen LogP contribution in [-0.2, 0) is 11.0 Å². The SMILES string of the molecule is CCN(C(=O)CSc1ccc(C(F)(F)F)cn1)c1nc2ccccc2s1. The quantitative estimate of drug-likeness (QED) is 0.577. The minimum Gasteiger partial charge on any atom is -0.288 e. The molecule has 4 nitrogen and oxygen atoms in total. The van der Waals surface area contributed by atoms with Gasteiger partial charge in [-0.05, 0) is 31.2 Å². The molecule has 0 aliphatic heterocycles. The Kier molecular flexibility index (Phi) is 5.47. The first kappa shape index (κ1) is 18.7. The predicted molar refractivity (Wildman–Crippen MR) is 97.6 cm³/mol. The molecule has 3 rings (SSSR count). The summed E-state index contributed by atoms with van der Waals surface area (Å²) < 4.78 is 38.6. The van der Waals surface area contributed by atoms with Gasteiger partial charge in [0.05, 0.1) is 26.6 Å². The number of benzene rings is 1. The van der Waals surface area contributed by atoms with E-state index in [4.69, 9.17) is 0 Å². The first-order valence-electron chi connectivity index (χ1n) is 7.70. The zero-order valence-corrected chi connectivity index (χ0v) is 15.3. The third kappa shape index (κ3) is 4.16. The fourth-order valence-corrected chi connectivity index (χ4v) is 4.01. The monoisotopic (exact) mass is 397 g/mol. The Hall–Kier alpha value is -2.13. The van der Waals surface area contributed by atoms with Gasteiger partial charge in [-0.2, -0.15) is 13.2 Å². The van der Waals surface area contributed by atoms with Crippen LogP contribution in [0, 0.1) is 0 Å². The Labute approximate surface area is 156 Å². The van der Waals surface area contributed by atoms with Crippen molar-refractivity contribution in [1.29, 1.82) is 0 Å². The van der Waals surface area contributed by atoms with Gasteiger partial charge in [0, 0.05) is 12.7 Å². The first-order chi connectivity index (χ1) is 12.4. The van der Waals surface area contributed by atoms with Gasteiger partial charge in [-0.3, -0.25) is 9.69 Å². The molecule has 0 aliphatic carbocycles. The molecule has 2 heterocycles. The molecule has 0 saturated carbocycles. The van der Waals surface area contributed by atoms with Crippen molar-refractivity contribution in [2.45, 2.75) is 18.1 Å². The number of anilines is 1. The summed E-state index contributed by atoms with van der Waals surface area (Å²) in [6.45, 7) is 2.31. The van der Waals surface area contributed by atoms with Crippen molar-refractivity contribution in [2.24, 2.45) is 0 Å². The molecule has 0 radical (unpaired) electrons. The van der Waals surface area contributed by atoms with Gasteiger partial charge in [-0.1, -0.05) is 35.2 Å². The summed E-state index contributed by atoms with van der Waals surface area (Å²) in [4.78, 5) is 22.3. The molecule has 0 unspecified atom stereocenters. The van der Waals surface area contributed by atoms with E-state index >= 15 is 0 Å². The Morgan fingerprint density at radius 3 is 2.62 bits per heavy atom. The number of carbonyl (C=O) groups is 1. The fourth-order valence-electron chi connectivity index (χ4n) is 2.24. The van der Waals surface area contributed by atoms with Crippen LogP contribution in [0.3, 0.4) is 0 Å². The second-order valence-corrected chi connectivity index (χ2v) is 7.28. The predicted octanol–water partition coefficient (Wildman–Crippen LogP) is 4.86. The lowest BCUT2D eigenvalue weighted by Gasteiger charge is -2.17. The molecule has 26 heavy (non-hydrogen) atoms. The molecule has 0 saturated heterocycles. The lowest BCUT2D eigenvalue weighted by Crippen LogP contribution is -2.32. The van der Waals surface area contributed by atoms with Crippen molar-refractivity contribution in [3.05, 3.63) is 48.2 Å². The van der Waals surface area contributed by atoms with Crippen molar-refractivity contribution >= 4 is 44.4 Å². The minimum atomic E-state index is -4.42. The largest absolute Gasteiger partial charge is 0.417 e. The average molecular weight is 397 g/mol. The minimum absolute atomic E-state index is 0.0716. The molecule has 1 aromatic carbocycles. The van der Waals surface area contributed by atoms with Crippen molar-refractivity contribution in [3.63, 3.8) is 0 Å². The van der Waals surface area contributed by atoms with E-state index in [0.29, 0.717) is 16.7 Å². The zero-order chi connectivity index (χ0) is 18.7. The number of aromatic nitrogens is 2. The van der Waals surface area contributed by atoms with E-state index in [-0.39, 0.29) is 11.7 Å². The highest BCUT2D eigenvalue weighted by atomic mass is 32.2. The molecule has 3 aromatic rings. The summed E-state index contributed by atoms with van der Waals surface area (Å²) in [5.74, 6) is -0.0967. The number of nitrogens with zero attached hydrogens (tertiary/aromatic N) is 3. The number of fused-ring (bicyclic) bond motifs is 1. The highest BCUT2D eigenvalue weighted by molar-refractivity contribution is 7.99. The van der Waals surface area contributed by atoms with E-state index in [1.165, 1.54) is 17.4 Å². The maximum atomic E-state index is 12.5. The van der Waals surface area contributed by atoms with Crippen molar-refractivity contribution in [2.75, 3.05) is 17.2 Å². The van der Waals surface area contributed by atoms with Gasteiger partial charge in [-0.25, -0.2) is 9.97 Å². The molecular weight excluding hydrogens is 383 g/mol. The van der Waals surface area contributed by atoms with Crippen molar-refractivity contribution in [1.82, 2.24) is 9.97 Å². The maximum Gasteiger partial charge on any atom is 0.417 e. The first-order valence-corrected chi connectivity index (χ1v) is 9.50. The number of halogens is 3. The number of hydrogen-bond acceptors (Lipinski definition) is 5. The highest BCUT2D eigenvalue weighted by Crippen LogP contribution is 2.31. The number of alkyl halides is 3. The third-order valence-electron chi connectivity index (χ3n) is 3.54. The summed E-state index contributed by atoms with van der Waals surface area (Å²) in [5, 5.41) is 0.978. The Morgan fingerprint density at radius 1 is 1.23 bits per heavy atom. The normalized spacial score (nSPS) is 11.7. The smallest absolute Gasteiger partial charge is 0.288 e. The summed E-state index contributed by atoms with van der Waals surface area (Å²) in [5.41, 5.74) is 0.0219. The van der Waals surface area contributed by atoms with E-state index in [9.17, 15) is 18.0 Å². The summed E-state index contributed by atoms with van der Waals surface area (Å²) in [7, 11) is 0. The average Bonchev–Trinajstić information content (AvgIpc) is 3.03. The van der Waals surface area contributed by atoms with Crippen LogP contribution in [0.1, 0.15) is 12.5 Å². The fraction of sp³-hybridized carbons (Fsp3) is 0.235. The van der Waals surface area contributed by atoms with Gasteiger partial charge in [0.2, 0.25) is 5.91 Å². The Balaban J connectivity index is 1.67. The Morgan fingerprint density at radius 2 is 2.00 bits per heavy atom. The second-order valence-electron chi connectivity index (χ2n) is 5.27. The van der Waals surface area contributed by atoms with Crippen LogP contribution in [0.5, 0.6) is 0 Å². The molecule has 0 aliphatic rings. The lowest BCUT2D eigenvalue weighted by molar-refractivity contribution is -0.137. The summed E-state index contributed by atoms with van der Waals surface area (Å²) >= 11 is 2.53. The number of amides is 1. The van der Waals surface area contributed by atoms with Gasteiger partial charge >= 0.3 is 6.18 Å². The number of rotatable bonds is 5. The van der Waals surface area contributed by atoms with E-state index in [2.05, 4.69) is 9.97 Å². The summed E-state index contributed by atoms with van der Waals surface area (Å²) in [6.07, 6.45) is -3.64. The van der Waals surface area contributed by atoms with E-state index in [1.807, 2.05) is 31.2 Å². The van der Waals surface area contributed by atoms with Crippen LogP contribution < -0.4 is 4.90 Å². The number of thioether (sulfide) groups is 1. The van der Waals surface area contributed by atoms with Crippen LogP contribution in [0.2, 0.25) is 0 Å². The van der Waals surface area contributed by atoms with Crippen LogP contribution in [0.4, 0.5) is 18.3 Å². The van der Waals surface area contributed by atoms with Gasteiger partial charge in [0.15, 0.2) is 5.13 Å². The molecule has 0 bridgehead atoms. The third-order valence-corrected chi connectivity index (χ3v) is 5.53. The lowest BCUT2D eigenvalue weighted by atomic mass is 10.3. The molecule has 2 aromatic heterocycles. The second kappa shape index (κ2) is 7.63. The molecular formula is C17H14F3N3OS2. The Bertz CT molecular complexity index is 877. The molecule has 0 N–H and O–H groups in total. The molecule has 0 atom stereocenters. The van der Waals surface area contributed by atoms with E-state index < -0.39 is 11.7 Å². The zero-order valence-electron chi connectivity index (χ0n) is 13.7. The van der Waals surface area contributed by atoms with Crippen LogP contribution in [-0.4, -0.2) is 28.2 Å². The van der Waals surface area contributed by atoms with Crippen molar-refractivity contribution < 1.29 is 18.0 Å². The topological polar surface area (TPSA) is 46.1 Å². The summed E-state index contributed by atoms with van der Waals surface area (Å²) in [6, 6.07) is 9.86. The molecule has 136 valence electrons. The molecule has 9 heteroatoms. The standard InChI is InChI=1S/C17H14F3N3OS2/c1-2-23(16-22-12-5-3-4-6-13(12)26-16)15(24)10-25-14-8-7-11(9-21-14)17(18,19)20/h3-9H,2,10H2,1H3. The number of hydrogen-bond donors (Lipinski definition) is 0. The maximum absolute atomic E-state index is 12.5. The number of para-hydroxylation sites is 1. The van der Waals surface area contributed by atoms with E-state index in [0.717, 1.165) is 34.2 Å². The number of pyridine rings is 1. The van der Waals surface area contributed by atoms with E-state index in [1.54, 1.807) is 4.90 Å². The van der Waals surface area contributed by atoms with Crippen LogP contribution in [0.15, 0.2) is 47.6 Å². The van der Waals surface area contributed by atoms with Gasteiger partial charge < -0.3 is 0 Å². The number of carbonyl (C=O) groups excluding carboxylic acids is 1.